The van der Waals surface area contributed by atoms with Gasteiger partial charge in [0.1, 0.15) is 5.65 Å². The zero-order valence-corrected chi connectivity index (χ0v) is 19.2. The monoisotopic (exact) mass is 477 g/mol. The number of halogens is 1. The molecule has 9 heteroatoms. The van der Waals surface area contributed by atoms with Crippen molar-refractivity contribution in [2.45, 2.75) is 6.54 Å². The number of rotatable bonds is 6. The van der Waals surface area contributed by atoms with Crippen LogP contribution in [-0.2, 0) is 16.6 Å². The van der Waals surface area contributed by atoms with Crippen molar-refractivity contribution >= 4 is 38.3 Å². The van der Waals surface area contributed by atoms with Crippen LogP contribution >= 0.6 is 11.6 Å². The first kappa shape index (κ1) is 21.2. The summed E-state index contributed by atoms with van der Waals surface area (Å²) in [6.07, 6.45) is 8.64. The number of aromatic amines is 1. The van der Waals surface area contributed by atoms with Crippen LogP contribution in [0.15, 0.2) is 79.4 Å². The number of pyridine rings is 1. The highest BCUT2D eigenvalue weighted by atomic mass is 35.5. The Kier molecular flexibility index (Phi) is 5.39. The lowest BCUT2D eigenvalue weighted by molar-refractivity contribution is 0.607. The van der Waals surface area contributed by atoms with E-state index < -0.39 is 10.0 Å². The van der Waals surface area contributed by atoms with E-state index in [1.807, 2.05) is 65.7 Å². The zero-order chi connectivity index (χ0) is 23.0. The van der Waals surface area contributed by atoms with Gasteiger partial charge in [0.05, 0.1) is 19.0 Å². The van der Waals surface area contributed by atoms with E-state index >= 15 is 0 Å². The second kappa shape index (κ2) is 8.38. The molecule has 166 valence electrons. The number of nitrogens with one attached hydrogen (secondary N) is 2. The van der Waals surface area contributed by atoms with Crippen molar-refractivity contribution < 1.29 is 8.42 Å². The fourth-order valence-electron chi connectivity index (χ4n) is 3.79. The van der Waals surface area contributed by atoms with Gasteiger partial charge in [0, 0.05) is 51.4 Å². The number of aromatic nitrogens is 4. The van der Waals surface area contributed by atoms with Crippen LogP contribution in [0, 0.1) is 0 Å². The molecule has 3 heterocycles. The lowest BCUT2D eigenvalue weighted by Gasteiger charge is -2.07. The van der Waals surface area contributed by atoms with Crippen LogP contribution in [0.1, 0.15) is 5.56 Å². The lowest BCUT2D eigenvalue weighted by Crippen LogP contribution is -2.09. The number of hydrogen-bond acceptors (Lipinski definition) is 4. The molecule has 2 N–H and O–H groups in total. The molecule has 0 saturated heterocycles. The molecule has 7 nitrogen and oxygen atoms in total. The second-order valence-electron chi connectivity index (χ2n) is 7.83. The summed E-state index contributed by atoms with van der Waals surface area (Å²) in [6, 6.07) is 17.0. The first-order valence-corrected chi connectivity index (χ1v) is 12.4. The Morgan fingerprint density at radius 3 is 2.70 bits per heavy atom. The first-order chi connectivity index (χ1) is 15.8. The SMILES string of the molecule is CS(=O)(=O)Nc1cccc(-c2cnc3[nH]cc(-c4cnn(Cc5cccc(Cl)c5)c4)c3c2)c1. The third kappa shape index (κ3) is 4.76. The summed E-state index contributed by atoms with van der Waals surface area (Å²) in [6.45, 7) is 0.618. The van der Waals surface area contributed by atoms with Crippen molar-refractivity contribution in [3.63, 3.8) is 0 Å². The molecular weight excluding hydrogens is 458 g/mol. The van der Waals surface area contributed by atoms with Crippen molar-refractivity contribution in [3.8, 4) is 22.3 Å². The first-order valence-electron chi connectivity index (χ1n) is 10.2. The minimum absolute atomic E-state index is 0.506. The molecule has 0 fully saturated rings. The van der Waals surface area contributed by atoms with Crippen LogP contribution in [0.5, 0.6) is 0 Å². The summed E-state index contributed by atoms with van der Waals surface area (Å²) >= 11 is 6.09. The number of benzene rings is 2. The predicted octanol–water partition coefficient (Wildman–Crippen LogP) is 5.17. The van der Waals surface area contributed by atoms with Crippen LogP contribution in [-0.4, -0.2) is 34.4 Å². The van der Waals surface area contributed by atoms with Gasteiger partial charge in [0.15, 0.2) is 0 Å². The second-order valence-corrected chi connectivity index (χ2v) is 10.0. The predicted molar refractivity (Wildman–Crippen MR) is 132 cm³/mol. The van der Waals surface area contributed by atoms with Crippen LogP contribution in [0.3, 0.4) is 0 Å². The van der Waals surface area contributed by atoms with Crippen LogP contribution < -0.4 is 4.72 Å². The highest BCUT2D eigenvalue weighted by Gasteiger charge is 2.12. The van der Waals surface area contributed by atoms with Crippen LogP contribution in [0.2, 0.25) is 5.02 Å². The van der Waals surface area contributed by atoms with E-state index in [1.54, 1.807) is 18.3 Å². The van der Waals surface area contributed by atoms with E-state index in [0.717, 1.165) is 45.1 Å². The quantitative estimate of drug-likeness (QED) is 0.353. The number of fused-ring (bicyclic) bond motifs is 1. The van der Waals surface area contributed by atoms with Gasteiger partial charge in [-0.15, -0.1) is 0 Å². The third-order valence-electron chi connectivity index (χ3n) is 5.21. The smallest absolute Gasteiger partial charge is 0.229 e. The fourth-order valence-corrected chi connectivity index (χ4v) is 4.56. The number of H-pyrrole nitrogens is 1. The Labute approximate surface area is 196 Å². The highest BCUT2D eigenvalue weighted by molar-refractivity contribution is 7.92. The van der Waals surface area contributed by atoms with E-state index in [1.165, 1.54) is 0 Å². The van der Waals surface area contributed by atoms with Crippen molar-refractivity contribution in [2.75, 3.05) is 11.0 Å². The van der Waals surface area contributed by atoms with Gasteiger partial charge in [-0.25, -0.2) is 13.4 Å². The fraction of sp³-hybridized carbons (Fsp3) is 0.0833. The van der Waals surface area contributed by atoms with Crippen molar-refractivity contribution in [3.05, 3.63) is 90.0 Å². The lowest BCUT2D eigenvalue weighted by atomic mass is 10.0. The maximum Gasteiger partial charge on any atom is 0.229 e. The average Bonchev–Trinajstić information content (AvgIpc) is 3.39. The van der Waals surface area contributed by atoms with Gasteiger partial charge in [-0.2, -0.15) is 5.10 Å². The highest BCUT2D eigenvalue weighted by Crippen LogP contribution is 2.31. The molecule has 0 saturated carbocycles. The molecule has 33 heavy (non-hydrogen) atoms. The number of sulfonamides is 1. The molecule has 0 radical (unpaired) electrons. The Bertz CT molecular complexity index is 1570. The molecule has 0 atom stereocenters. The Balaban J connectivity index is 1.47. The third-order valence-corrected chi connectivity index (χ3v) is 6.05. The molecule has 0 bridgehead atoms. The summed E-state index contributed by atoms with van der Waals surface area (Å²) in [4.78, 5) is 7.77. The Morgan fingerprint density at radius 1 is 1.03 bits per heavy atom. The van der Waals surface area contributed by atoms with Crippen molar-refractivity contribution in [2.24, 2.45) is 0 Å². The van der Waals surface area contributed by atoms with Gasteiger partial charge < -0.3 is 4.98 Å². The summed E-state index contributed by atoms with van der Waals surface area (Å²) in [7, 11) is -3.35. The molecule has 0 aliphatic rings. The normalized spacial score (nSPS) is 11.7. The molecule has 5 rings (SSSR count). The molecule has 0 aliphatic carbocycles. The summed E-state index contributed by atoms with van der Waals surface area (Å²) in [5, 5.41) is 6.16. The average molecular weight is 478 g/mol. The van der Waals surface area contributed by atoms with Gasteiger partial charge in [0.2, 0.25) is 10.0 Å². The number of hydrogen-bond donors (Lipinski definition) is 2. The number of anilines is 1. The Morgan fingerprint density at radius 2 is 1.88 bits per heavy atom. The molecule has 0 unspecified atom stereocenters. The van der Waals surface area contributed by atoms with E-state index in [4.69, 9.17) is 11.6 Å². The molecule has 0 amide bonds. The number of nitrogens with zero attached hydrogens (tertiary/aromatic N) is 3. The summed E-state index contributed by atoms with van der Waals surface area (Å²) in [5.74, 6) is 0. The van der Waals surface area contributed by atoms with E-state index in [0.29, 0.717) is 17.3 Å². The molecule has 0 aliphatic heterocycles. The van der Waals surface area contributed by atoms with Gasteiger partial charge in [-0.3, -0.25) is 9.40 Å². The molecule has 0 spiro atoms. The topological polar surface area (TPSA) is 92.7 Å². The van der Waals surface area contributed by atoms with E-state index in [2.05, 4.69) is 19.8 Å². The molecule has 3 aromatic heterocycles. The van der Waals surface area contributed by atoms with E-state index in [9.17, 15) is 8.42 Å². The van der Waals surface area contributed by atoms with E-state index in [-0.39, 0.29) is 0 Å². The minimum atomic E-state index is -3.35. The van der Waals surface area contributed by atoms with Crippen LogP contribution in [0.4, 0.5) is 5.69 Å². The largest absolute Gasteiger partial charge is 0.346 e. The van der Waals surface area contributed by atoms with Crippen molar-refractivity contribution in [1.29, 1.82) is 0 Å². The standard InChI is InChI=1S/C24H20ClN5O2S/c1-33(31,32)29-21-7-3-5-17(9-21)18-10-22-23(13-27-24(22)26-11-18)19-12-28-30(15-19)14-16-4-2-6-20(25)8-16/h2-13,15,29H,14H2,1H3,(H,26,27). The summed E-state index contributed by atoms with van der Waals surface area (Å²) < 4.78 is 27.5. The molecule has 5 aromatic rings. The van der Waals surface area contributed by atoms with Gasteiger partial charge >= 0.3 is 0 Å². The molecular formula is C24H20ClN5O2S. The van der Waals surface area contributed by atoms with Crippen LogP contribution in [0.25, 0.3) is 33.3 Å². The van der Waals surface area contributed by atoms with Gasteiger partial charge in [0.25, 0.3) is 0 Å². The maximum absolute atomic E-state index is 11.6. The Hall–Kier alpha value is -3.62. The molecule has 2 aromatic carbocycles. The minimum Gasteiger partial charge on any atom is -0.346 e. The van der Waals surface area contributed by atoms with Crippen molar-refractivity contribution in [1.82, 2.24) is 19.7 Å². The zero-order valence-electron chi connectivity index (χ0n) is 17.7. The van der Waals surface area contributed by atoms with Gasteiger partial charge in [-0.05, 0) is 41.5 Å². The maximum atomic E-state index is 11.6. The van der Waals surface area contributed by atoms with Gasteiger partial charge in [-0.1, -0.05) is 35.9 Å². The summed E-state index contributed by atoms with van der Waals surface area (Å²) in [5.41, 5.74) is 6.04.